The van der Waals surface area contributed by atoms with Gasteiger partial charge < -0.3 is 9.47 Å². The van der Waals surface area contributed by atoms with Crippen LogP contribution in [0.2, 0.25) is 0 Å². The first-order valence-electron chi connectivity index (χ1n) is 3.89. The van der Waals surface area contributed by atoms with Gasteiger partial charge in [0.05, 0.1) is 20.3 Å². The van der Waals surface area contributed by atoms with Crippen molar-refractivity contribution in [2.24, 2.45) is 0 Å². The Morgan fingerprint density at radius 3 is 2.42 bits per heavy atom. The minimum absolute atomic E-state index is 0.625. The van der Waals surface area contributed by atoms with Gasteiger partial charge in [0.1, 0.15) is 5.75 Å². The molecule has 0 heterocycles. The van der Waals surface area contributed by atoms with Crippen molar-refractivity contribution >= 4 is 0 Å². The summed E-state index contributed by atoms with van der Waals surface area (Å²) < 4.78 is 10.2. The first-order valence-corrected chi connectivity index (χ1v) is 3.89. The maximum Gasteiger partial charge on any atom is 0.118 e. The van der Waals surface area contributed by atoms with E-state index >= 15 is 0 Å². The number of methoxy groups -OCH3 is 1. The van der Waals surface area contributed by atoms with Gasteiger partial charge in [0.15, 0.2) is 0 Å². The topological polar surface area (TPSA) is 18.5 Å². The van der Waals surface area contributed by atoms with Crippen LogP contribution in [0.4, 0.5) is 0 Å². The lowest BCUT2D eigenvalue weighted by molar-refractivity contribution is 0.191. The number of ether oxygens (including phenoxy) is 2. The van der Waals surface area contributed by atoms with Crippen LogP contribution in [-0.4, -0.2) is 7.11 Å². The second kappa shape index (κ2) is 4.78. The van der Waals surface area contributed by atoms with Crippen LogP contribution < -0.4 is 4.74 Å². The summed E-state index contributed by atoms with van der Waals surface area (Å²) >= 11 is 0. The molecule has 0 saturated heterocycles. The highest BCUT2D eigenvalue weighted by molar-refractivity contribution is 5.26. The summed E-state index contributed by atoms with van der Waals surface area (Å²) in [4.78, 5) is 0. The largest absolute Gasteiger partial charge is 0.497 e. The van der Waals surface area contributed by atoms with Gasteiger partial charge in [0.25, 0.3) is 0 Å². The van der Waals surface area contributed by atoms with Gasteiger partial charge in [-0.25, -0.2) is 0 Å². The van der Waals surface area contributed by atoms with Crippen molar-refractivity contribution in [3.8, 4) is 5.75 Å². The molecule has 0 bridgehead atoms. The molecule has 65 valence electrons. The van der Waals surface area contributed by atoms with Crippen molar-refractivity contribution in [3.05, 3.63) is 36.4 Å². The van der Waals surface area contributed by atoms with E-state index in [4.69, 9.17) is 9.47 Å². The fourth-order valence-corrected chi connectivity index (χ4v) is 0.901. The van der Waals surface area contributed by atoms with Crippen LogP contribution in [0.25, 0.3) is 0 Å². The van der Waals surface area contributed by atoms with E-state index in [-0.39, 0.29) is 0 Å². The number of hydrogen-bond acceptors (Lipinski definition) is 2. The van der Waals surface area contributed by atoms with E-state index in [2.05, 4.69) is 0 Å². The molecule has 0 unspecified atom stereocenters. The van der Waals surface area contributed by atoms with Crippen molar-refractivity contribution in [1.82, 2.24) is 0 Å². The molecule has 1 aromatic rings. The molecule has 0 fully saturated rings. The summed E-state index contributed by atoms with van der Waals surface area (Å²) in [5.41, 5.74) is 1.15. The van der Waals surface area contributed by atoms with Crippen LogP contribution in [-0.2, 0) is 11.3 Å². The number of hydrogen-bond donors (Lipinski definition) is 0. The quantitative estimate of drug-likeness (QED) is 0.682. The third kappa shape index (κ3) is 2.55. The van der Waals surface area contributed by atoms with E-state index in [1.54, 1.807) is 13.7 Å². The lowest BCUT2D eigenvalue weighted by Crippen LogP contribution is -1.88. The zero-order valence-corrected chi connectivity index (χ0v) is 7.41. The Hall–Kier alpha value is -1.02. The summed E-state index contributed by atoms with van der Waals surface area (Å²) in [5, 5.41) is 0. The molecule has 0 spiro atoms. The standard InChI is InChI=1S/C10H13O2/c1-3-12-8-9-4-6-10(11-2)7-5-9/h3-7H,8H2,1-2H3. The van der Waals surface area contributed by atoms with E-state index in [0.29, 0.717) is 6.61 Å². The van der Waals surface area contributed by atoms with Gasteiger partial charge in [-0.2, -0.15) is 0 Å². The molecule has 2 heteroatoms. The van der Waals surface area contributed by atoms with Gasteiger partial charge in [-0.1, -0.05) is 12.1 Å². The highest BCUT2D eigenvalue weighted by atomic mass is 16.5. The molecule has 0 aliphatic rings. The van der Waals surface area contributed by atoms with Crippen molar-refractivity contribution in [2.75, 3.05) is 7.11 Å². The summed E-state index contributed by atoms with van der Waals surface area (Å²) in [7, 11) is 1.66. The zero-order chi connectivity index (χ0) is 8.81. The van der Waals surface area contributed by atoms with Gasteiger partial charge in [0.2, 0.25) is 0 Å². The highest BCUT2D eigenvalue weighted by Gasteiger charge is 1.92. The Bertz CT molecular complexity index is 216. The van der Waals surface area contributed by atoms with Gasteiger partial charge in [-0.15, -0.1) is 0 Å². The smallest absolute Gasteiger partial charge is 0.118 e. The third-order valence-electron chi connectivity index (χ3n) is 1.58. The van der Waals surface area contributed by atoms with E-state index < -0.39 is 0 Å². The summed E-state index contributed by atoms with van der Waals surface area (Å²) in [5.74, 6) is 0.874. The third-order valence-corrected chi connectivity index (χ3v) is 1.58. The molecule has 1 rings (SSSR count). The van der Waals surface area contributed by atoms with E-state index in [1.807, 2.05) is 31.2 Å². The normalized spacial score (nSPS) is 9.83. The SMILES string of the molecule is C[CH]OCc1ccc(OC)cc1. The molecule has 0 atom stereocenters. The number of benzene rings is 1. The predicted octanol–water partition coefficient (Wildman–Crippen LogP) is 2.39. The summed E-state index contributed by atoms with van der Waals surface area (Å²) in [6.07, 6.45) is 0. The molecule has 0 aliphatic carbocycles. The predicted molar refractivity (Wildman–Crippen MR) is 47.8 cm³/mol. The van der Waals surface area contributed by atoms with Crippen molar-refractivity contribution in [3.63, 3.8) is 0 Å². The Morgan fingerprint density at radius 1 is 1.25 bits per heavy atom. The fraction of sp³-hybridized carbons (Fsp3) is 0.300. The minimum Gasteiger partial charge on any atom is -0.497 e. The Morgan fingerprint density at radius 2 is 1.92 bits per heavy atom. The van der Waals surface area contributed by atoms with Crippen LogP contribution in [0.3, 0.4) is 0 Å². The maximum atomic E-state index is 5.13. The summed E-state index contributed by atoms with van der Waals surface area (Å²) in [6.45, 7) is 4.17. The minimum atomic E-state index is 0.625. The van der Waals surface area contributed by atoms with Crippen LogP contribution in [0.1, 0.15) is 12.5 Å². The molecule has 0 N–H and O–H groups in total. The van der Waals surface area contributed by atoms with Gasteiger partial charge in [-0.05, 0) is 24.6 Å². The first-order chi connectivity index (χ1) is 5.86. The van der Waals surface area contributed by atoms with E-state index in [0.717, 1.165) is 11.3 Å². The monoisotopic (exact) mass is 165 g/mol. The molecule has 0 amide bonds. The molecule has 1 aromatic carbocycles. The average molecular weight is 165 g/mol. The molecule has 12 heavy (non-hydrogen) atoms. The van der Waals surface area contributed by atoms with Gasteiger partial charge >= 0.3 is 0 Å². The molecule has 0 saturated carbocycles. The van der Waals surface area contributed by atoms with Crippen molar-refractivity contribution in [2.45, 2.75) is 13.5 Å². The van der Waals surface area contributed by atoms with Crippen LogP contribution in [0, 0.1) is 6.61 Å². The van der Waals surface area contributed by atoms with Crippen LogP contribution in [0.15, 0.2) is 24.3 Å². The molecule has 2 nitrogen and oxygen atoms in total. The molecule has 0 aromatic heterocycles. The second-order valence-corrected chi connectivity index (χ2v) is 2.39. The fourth-order valence-electron chi connectivity index (χ4n) is 0.901. The van der Waals surface area contributed by atoms with Crippen LogP contribution >= 0.6 is 0 Å². The lowest BCUT2D eigenvalue weighted by atomic mass is 10.2. The Balaban J connectivity index is 2.53. The van der Waals surface area contributed by atoms with E-state index in [1.165, 1.54) is 0 Å². The van der Waals surface area contributed by atoms with E-state index in [9.17, 15) is 0 Å². The molecular weight excluding hydrogens is 152 g/mol. The molecule has 0 aliphatic heterocycles. The van der Waals surface area contributed by atoms with Gasteiger partial charge in [-0.3, -0.25) is 0 Å². The summed E-state index contributed by atoms with van der Waals surface area (Å²) in [6, 6.07) is 7.83. The lowest BCUT2D eigenvalue weighted by Gasteiger charge is -2.02. The van der Waals surface area contributed by atoms with Gasteiger partial charge in [0, 0.05) is 0 Å². The number of rotatable bonds is 4. The first kappa shape index (κ1) is 9.07. The molecular formula is C10H13O2. The molecule has 1 radical (unpaired) electrons. The second-order valence-electron chi connectivity index (χ2n) is 2.39. The Kier molecular flexibility index (Phi) is 3.61. The van der Waals surface area contributed by atoms with Crippen molar-refractivity contribution in [1.29, 1.82) is 0 Å². The Labute approximate surface area is 73.1 Å². The highest BCUT2D eigenvalue weighted by Crippen LogP contribution is 2.11. The maximum absolute atomic E-state index is 5.13. The zero-order valence-electron chi connectivity index (χ0n) is 7.41. The van der Waals surface area contributed by atoms with Crippen LogP contribution in [0.5, 0.6) is 5.75 Å². The van der Waals surface area contributed by atoms with Crippen molar-refractivity contribution < 1.29 is 9.47 Å². The average Bonchev–Trinajstić information content (AvgIpc) is 2.15.